The second-order valence-electron chi connectivity index (χ2n) is 6.24. The van der Waals surface area contributed by atoms with E-state index in [0.717, 1.165) is 31.4 Å². The van der Waals surface area contributed by atoms with Gasteiger partial charge in [0.2, 0.25) is 0 Å². The van der Waals surface area contributed by atoms with Crippen LogP contribution < -0.4 is 0 Å². The van der Waals surface area contributed by atoms with Crippen LogP contribution in [0.25, 0.3) is 0 Å². The third kappa shape index (κ3) is 4.30. The summed E-state index contributed by atoms with van der Waals surface area (Å²) in [6, 6.07) is 10.2. The van der Waals surface area contributed by atoms with Crippen LogP contribution in [0.4, 0.5) is 0 Å². The van der Waals surface area contributed by atoms with Gasteiger partial charge in [-0.15, -0.1) is 0 Å². The maximum atomic E-state index is 10.3. The van der Waals surface area contributed by atoms with Gasteiger partial charge in [0.1, 0.15) is 0 Å². The number of benzene rings is 1. The quantitative estimate of drug-likeness (QED) is 0.857. The molecule has 1 aromatic carbocycles. The summed E-state index contributed by atoms with van der Waals surface area (Å²) in [4.78, 5) is 2.31. The van der Waals surface area contributed by atoms with Crippen LogP contribution in [0, 0.1) is 0 Å². The summed E-state index contributed by atoms with van der Waals surface area (Å²) in [7, 11) is 0. The molecule has 3 nitrogen and oxygen atoms in total. The third-order valence-corrected chi connectivity index (χ3v) is 3.77. The van der Waals surface area contributed by atoms with E-state index in [1.54, 1.807) is 0 Å². The molecule has 0 spiro atoms. The molecule has 2 N–H and O–H groups in total. The predicted octanol–water partition coefficient (Wildman–Crippen LogP) is 2.35. The minimum absolute atomic E-state index is 0.377. The van der Waals surface area contributed by atoms with E-state index in [1.165, 1.54) is 0 Å². The van der Waals surface area contributed by atoms with Gasteiger partial charge in [0.15, 0.2) is 0 Å². The first kappa shape index (κ1) is 14.5. The monoisotopic (exact) mass is 263 g/mol. The number of hydrogen-bond donors (Lipinski definition) is 2. The second kappa shape index (κ2) is 6.04. The molecule has 0 unspecified atom stereocenters. The number of β-amino-alcohol motifs (C(OH)–C–C–N with tert-alkyl or cyclic N) is 1. The zero-order valence-corrected chi connectivity index (χ0v) is 11.9. The Morgan fingerprint density at radius 3 is 2.63 bits per heavy atom. The highest BCUT2D eigenvalue weighted by molar-refractivity contribution is 5.17. The van der Waals surface area contributed by atoms with Crippen LogP contribution in [-0.2, 0) is 0 Å². The van der Waals surface area contributed by atoms with Crippen molar-refractivity contribution in [2.75, 3.05) is 13.1 Å². The molecule has 0 amide bonds. The molecule has 1 aliphatic heterocycles. The van der Waals surface area contributed by atoms with Crippen molar-refractivity contribution in [1.82, 2.24) is 4.90 Å². The van der Waals surface area contributed by atoms with Crippen molar-refractivity contribution >= 4 is 0 Å². The lowest BCUT2D eigenvalue weighted by Crippen LogP contribution is -2.41. The van der Waals surface area contributed by atoms with Crippen LogP contribution in [0.15, 0.2) is 30.3 Å². The molecule has 1 heterocycles. The summed E-state index contributed by atoms with van der Waals surface area (Å²) in [6.07, 6.45) is 2.61. The highest BCUT2D eigenvalue weighted by Gasteiger charge is 2.30. The average Bonchev–Trinajstić information content (AvgIpc) is 2.75. The number of rotatable bonds is 5. The summed E-state index contributed by atoms with van der Waals surface area (Å²) < 4.78 is 0. The van der Waals surface area contributed by atoms with Gasteiger partial charge in [0, 0.05) is 12.6 Å². The van der Waals surface area contributed by atoms with Crippen molar-refractivity contribution in [3.63, 3.8) is 0 Å². The number of aliphatic hydroxyl groups is 2. The smallest absolute Gasteiger partial charge is 0.0805 e. The van der Waals surface area contributed by atoms with Crippen LogP contribution in [0.1, 0.15) is 44.8 Å². The van der Waals surface area contributed by atoms with E-state index in [0.29, 0.717) is 12.6 Å². The molecule has 2 rings (SSSR count). The summed E-state index contributed by atoms with van der Waals surface area (Å²) in [5.41, 5.74) is 0.318. The molecule has 1 saturated heterocycles. The van der Waals surface area contributed by atoms with Gasteiger partial charge in [0.25, 0.3) is 0 Å². The molecule has 1 aliphatic rings. The van der Waals surface area contributed by atoms with E-state index >= 15 is 0 Å². The Morgan fingerprint density at radius 2 is 2.00 bits per heavy atom. The number of aliphatic hydroxyl groups excluding tert-OH is 1. The number of hydrogen-bond acceptors (Lipinski definition) is 3. The average molecular weight is 263 g/mol. The SMILES string of the molecule is CC(C)(O)CN1CCC[C@H]1C[C@H](O)c1ccccc1. The molecule has 1 fully saturated rings. The van der Waals surface area contributed by atoms with Gasteiger partial charge in [0.05, 0.1) is 11.7 Å². The fourth-order valence-corrected chi connectivity index (χ4v) is 2.94. The number of likely N-dealkylation sites (tertiary alicyclic amines) is 1. The molecule has 19 heavy (non-hydrogen) atoms. The van der Waals surface area contributed by atoms with E-state index < -0.39 is 11.7 Å². The van der Waals surface area contributed by atoms with Gasteiger partial charge in [-0.3, -0.25) is 4.90 Å². The van der Waals surface area contributed by atoms with Gasteiger partial charge >= 0.3 is 0 Å². The fraction of sp³-hybridized carbons (Fsp3) is 0.625. The molecule has 2 atom stereocenters. The van der Waals surface area contributed by atoms with Gasteiger partial charge in [-0.1, -0.05) is 30.3 Å². The van der Waals surface area contributed by atoms with E-state index in [9.17, 15) is 10.2 Å². The van der Waals surface area contributed by atoms with Crippen LogP contribution in [-0.4, -0.2) is 39.8 Å². The van der Waals surface area contributed by atoms with Crippen molar-refractivity contribution in [1.29, 1.82) is 0 Å². The molecule has 3 heteroatoms. The molecule has 0 saturated carbocycles. The van der Waals surface area contributed by atoms with E-state index in [4.69, 9.17) is 0 Å². The second-order valence-corrected chi connectivity index (χ2v) is 6.24. The third-order valence-electron chi connectivity index (χ3n) is 3.77. The van der Waals surface area contributed by atoms with Crippen LogP contribution >= 0.6 is 0 Å². The van der Waals surface area contributed by atoms with Gasteiger partial charge in [-0.2, -0.15) is 0 Å². The van der Waals surface area contributed by atoms with Crippen LogP contribution in [0.3, 0.4) is 0 Å². The van der Waals surface area contributed by atoms with Crippen molar-refractivity contribution in [2.45, 2.75) is 50.9 Å². The molecule has 0 aliphatic carbocycles. The zero-order valence-electron chi connectivity index (χ0n) is 11.9. The minimum atomic E-state index is -0.666. The zero-order chi connectivity index (χ0) is 13.9. The first-order valence-corrected chi connectivity index (χ1v) is 7.15. The molecule has 0 bridgehead atoms. The lowest BCUT2D eigenvalue weighted by atomic mass is 9.99. The Balaban J connectivity index is 1.94. The Morgan fingerprint density at radius 1 is 1.32 bits per heavy atom. The van der Waals surface area contributed by atoms with Crippen molar-refractivity contribution in [2.24, 2.45) is 0 Å². The van der Waals surface area contributed by atoms with Gasteiger partial charge in [-0.05, 0) is 45.2 Å². The van der Waals surface area contributed by atoms with Crippen molar-refractivity contribution in [3.05, 3.63) is 35.9 Å². The molecule has 1 aromatic rings. The normalized spacial score (nSPS) is 22.6. The number of nitrogens with zero attached hydrogens (tertiary/aromatic N) is 1. The maximum Gasteiger partial charge on any atom is 0.0805 e. The summed E-state index contributed by atoms with van der Waals surface area (Å²) in [6.45, 7) is 5.39. The summed E-state index contributed by atoms with van der Waals surface area (Å²) in [5.74, 6) is 0. The van der Waals surface area contributed by atoms with Crippen LogP contribution in [0.5, 0.6) is 0 Å². The Labute approximate surface area is 115 Å². The lowest BCUT2D eigenvalue weighted by molar-refractivity contribution is 0.0227. The van der Waals surface area contributed by atoms with Crippen molar-refractivity contribution in [3.8, 4) is 0 Å². The topological polar surface area (TPSA) is 43.7 Å². The molecular weight excluding hydrogens is 238 g/mol. The van der Waals surface area contributed by atoms with Gasteiger partial charge in [-0.25, -0.2) is 0 Å². The first-order chi connectivity index (χ1) is 8.96. The highest BCUT2D eigenvalue weighted by atomic mass is 16.3. The maximum absolute atomic E-state index is 10.3. The summed E-state index contributed by atoms with van der Waals surface area (Å²) in [5, 5.41) is 20.3. The van der Waals surface area contributed by atoms with Crippen molar-refractivity contribution < 1.29 is 10.2 Å². The fourth-order valence-electron chi connectivity index (χ4n) is 2.94. The highest BCUT2D eigenvalue weighted by Crippen LogP contribution is 2.28. The van der Waals surface area contributed by atoms with E-state index in [-0.39, 0.29) is 0 Å². The molecular formula is C16H25NO2. The molecule has 0 radical (unpaired) electrons. The van der Waals surface area contributed by atoms with E-state index in [2.05, 4.69) is 4.90 Å². The summed E-state index contributed by atoms with van der Waals surface area (Å²) >= 11 is 0. The molecule has 0 aromatic heterocycles. The van der Waals surface area contributed by atoms with E-state index in [1.807, 2.05) is 44.2 Å². The Bertz CT molecular complexity index is 385. The first-order valence-electron chi connectivity index (χ1n) is 7.15. The minimum Gasteiger partial charge on any atom is -0.389 e. The van der Waals surface area contributed by atoms with Crippen LogP contribution in [0.2, 0.25) is 0 Å². The Kier molecular flexibility index (Phi) is 4.61. The molecule has 106 valence electrons. The standard InChI is InChI=1S/C16H25NO2/c1-16(2,19)12-17-10-6-9-14(17)11-15(18)13-7-4-3-5-8-13/h3-5,7-8,14-15,18-19H,6,9-12H2,1-2H3/t14-,15-/m0/s1. The largest absolute Gasteiger partial charge is 0.389 e. The predicted molar refractivity (Wildman–Crippen MR) is 76.9 cm³/mol. The lowest BCUT2D eigenvalue weighted by Gasteiger charge is -2.31. The van der Waals surface area contributed by atoms with Gasteiger partial charge < -0.3 is 10.2 Å². The Hall–Kier alpha value is -0.900.